The summed E-state index contributed by atoms with van der Waals surface area (Å²) in [4.78, 5) is 13.2. The highest BCUT2D eigenvalue weighted by Crippen LogP contribution is 2.40. The molecule has 4 heteroatoms. The van der Waals surface area contributed by atoms with Crippen LogP contribution in [0, 0.1) is 0 Å². The number of hydrogen-bond donors (Lipinski definition) is 1. The highest BCUT2D eigenvalue weighted by atomic mass is 16.5. The lowest BCUT2D eigenvalue weighted by atomic mass is 9.68. The van der Waals surface area contributed by atoms with E-state index in [-0.39, 0.29) is 5.91 Å². The van der Waals surface area contributed by atoms with Crippen molar-refractivity contribution in [3.05, 3.63) is 59.7 Å². The van der Waals surface area contributed by atoms with Crippen LogP contribution in [-0.4, -0.2) is 26.7 Å². The number of methoxy groups -OCH3 is 2. The molecule has 1 aliphatic carbocycles. The largest absolute Gasteiger partial charge is 0.497 e. The Bertz CT molecular complexity index is 731. The third-order valence-corrected chi connectivity index (χ3v) is 5.64. The van der Waals surface area contributed by atoms with Gasteiger partial charge < -0.3 is 14.8 Å². The van der Waals surface area contributed by atoms with E-state index in [1.54, 1.807) is 14.2 Å². The second-order valence-corrected chi connectivity index (χ2v) is 7.23. The molecule has 2 aromatic carbocycles. The van der Waals surface area contributed by atoms with E-state index in [2.05, 4.69) is 5.32 Å². The van der Waals surface area contributed by atoms with Crippen LogP contribution in [0.15, 0.2) is 48.5 Å². The van der Waals surface area contributed by atoms with E-state index in [1.165, 1.54) is 12.0 Å². The van der Waals surface area contributed by atoms with Gasteiger partial charge in [-0.05, 0) is 54.7 Å². The number of hydrogen-bond acceptors (Lipinski definition) is 3. The quantitative estimate of drug-likeness (QED) is 0.795. The Morgan fingerprint density at radius 2 is 1.44 bits per heavy atom. The fourth-order valence-electron chi connectivity index (χ4n) is 3.99. The first-order valence-electron chi connectivity index (χ1n) is 9.74. The number of amides is 1. The Morgan fingerprint density at radius 1 is 0.889 bits per heavy atom. The lowest BCUT2D eigenvalue weighted by molar-refractivity contribution is -0.128. The second kappa shape index (κ2) is 8.94. The maximum absolute atomic E-state index is 13.2. The fraction of sp³-hybridized carbons (Fsp3) is 0.435. The van der Waals surface area contributed by atoms with Crippen LogP contribution in [0.5, 0.6) is 11.5 Å². The van der Waals surface area contributed by atoms with E-state index in [0.29, 0.717) is 6.54 Å². The Hall–Kier alpha value is -2.49. The van der Waals surface area contributed by atoms with Gasteiger partial charge in [-0.15, -0.1) is 0 Å². The molecule has 144 valence electrons. The normalized spacial score (nSPS) is 15.8. The zero-order valence-corrected chi connectivity index (χ0v) is 16.3. The van der Waals surface area contributed by atoms with Crippen LogP contribution in [0.4, 0.5) is 0 Å². The molecule has 0 atom stereocenters. The summed E-state index contributed by atoms with van der Waals surface area (Å²) in [5.74, 6) is 1.83. The Balaban J connectivity index is 1.67. The average molecular weight is 367 g/mol. The molecule has 0 unspecified atom stereocenters. The van der Waals surface area contributed by atoms with Crippen molar-refractivity contribution in [2.75, 3.05) is 20.8 Å². The van der Waals surface area contributed by atoms with Gasteiger partial charge in [0.1, 0.15) is 11.5 Å². The number of rotatable bonds is 7. The van der Waals surface area contributed by atoms with Gasteiger partial charge in [0.2, 0.25) is 5.91 Å². The van der Waals surface area contributed by atoms with E-state index >= 15 is 0 Å². The summed E-state index contributed by atoms with van der Waals surface area (Å²) in [5, 5.41) is 3.20. The molecule has 2 aromatic rings. The highest BCUT2D eigenvalue weighted by Gasteiger charge is 2.40. The van der Waals surface area contributed by atoms with Gasteiger partial charge in [0.25, 0.3) is 0 Å². The van der Waals surface area contributed by atoms with Crippen LogP contribution in [0.25, 0.3) is 0 Å². The standard InChI is InChI=1S/C23H29NO3/c1-26-20-10-6-18(7-11-20)14-17-24-22(25)23(15-4-3-5-16-23)19-8-12-21(27-2)13-9-19/h6-13H,3-5,14-17H2,1-2H3,(H,24,25). The molecule has 27 heavy (non-hydrogen) atoms. The van der Waals surface area contributed by atoms with Gasteiger partial charge in [0.15, 0.2) is 0 Å². The van der Waals surface area contributed by atoms with Crippen LogP contribution in [-0.2, 0) is 16.6 Å². The average Bonchev–Trinajstić information content (AvgIpc) is 2.74. The van der Waals surface area contributed by atoms with E-state index in [1.807, 2.05) is 48.5 Å². The summed E-state index contributed by atoms with van der Waals surface area (Å²) in [5.41, 5.74) is 1.88. The first-order valence-corrected chi connectivity index (χ1v) is 9.74. The van der Waals surface area contributed by atoms with Crippen molar-refractivity contribution < 1.29 is 14.3 Å². The number of nitrogens with one attached hydrogen (secondary N) is 1. The first kappa shape index (κ1) is 19.3. The van der Waals surface area contributed by atoms with Crippen LogP contribution < -0.4 is 14.8 Å². The number of carbonyl (C=O) groups is 1. The molecule has 0 spiro atoms. The third-order valence-electron chi connectivity index (χ3n) is 5.64. The SMILES string of the molecule is COc1ccc(CCNC(=O)C2(c3ccc(OC)cc3)CCCCC2)cc1. The molecule has 1 saturated carbocycles. The van der Waals surface area contributed by atoms with Crippen LogP contribution in [0.2, 0.25) is 0 Å². The van der Waals surface area contributed by atoms with Crippen molar-refractivity contribution in [1.29, 1.82) is 0 Å². The number of benzene rings is 2. The molecule has 4 nitrogen and oxygen atoms in total. The van der Waals surface area contributed by atoms with Gasteiger partial charge >= 0.3 is 0 Å². The van der Waals surface area contributed by atoms with Gasteiger partial charge in [0.05, 0.1) is 19.6 Å². The van der Waals surface area contributed by atoms with Gasteiger partial charge in [-0.25, -0.2) is 0 Å². The maximum Gasteiger partial charge on any atom is 0.230 e. The van der Waals surface area contributed by atoms with Crippen molar-refractivity contribution in [1.82, 2.24) is 5.32 Å². The minimum absolute atomic E-state index is 0.154. The molecule has 0 aromatic heterocycles. The van der Waals surface area contributed by atoms with E-state index in [4.69, 9.17) is 9.47 Å². The number of ether oxygens (including phenoxy) is 2. The lowest BCUT2D eigenvalue weighted by Gasteiger charge is -2.36. The fourth-order valence-corrected chi connectivity index (χ4v) is 3.99. The van der Waals surface area contributed by atoms with Gasteiger partial charge in [-0.1, -0.05) is 43.5 Å². The third kappa shape index (κ3) is 4.44. The Kier molecular flexibility index (Phi) is 6.38. The Morgan fingerprint density at radius 3 is 2.00 bits per heavy atom. The molecule has 3 rings (SSSR count). The smallest absolute Gasteiger partial charge is 0.230 e. The summed E-state index contributed by atoms with van der Waals surface area (Å²) < 4.78 is 10.5. The molecule has 1 N–H and O–H groups in total. The van der Waals surface area contributed by atoms with Crippen molar-refractivity contribution in [2.24, 2.45) is 0 Å². The molecule has 0 radical (unpaired) electrons. The predicted octanol–water partition coefficient (Wildman–Crippen LogP) is 4.26. The van der Waals surface area contributed by atoms with Crippen molar-refractivity contribution in [2.45, 2.75) is 43.9 Å². The van der Waals surface area contributed by atoms with Crippen LogP contribution in [0.3, 0.4) is 0 Å². The second-order valence-electron chi connectivity index (χ2n) is 7.23. The molecule has 1 fully saturated rings. The maximum atomic E-state index is 13.2. The van der Waals surface area contributed by atoms with Crippen molar-refractivity contribution in [3.8, 4) is 11.5 Å². The summed E-state index contributed by atoms with van der Waals surface area (Å²) in [6.45, 7) is 0.642. The van der Waals surface area contributed by atoms with Crippen molar-refractivity contribution >= 4 is 5.91 Å². The van der Waals surface area contributed by atoms with Gasteiger partial charge in [0, 0.05) is 6.54 Å². The number of carbonyl (C=O) groups excluding carboxylic acids is 1. The molecule has 1 aliphatic rings. The minimum Gasteiger partial charge on any atom is -0.497 e. The molecule has 0 heterocycles. The lowest BCUT2D eigenvalue weighted by Crippen LogP contribution is -2.46. The zero-order chi connectivity index (χ0) is 19.1. The minimum atomic E-state index is -0.412. The molecule has 1 amide bonds. The van der Waals surface area contributed by atoms with E-state index < -0.39 is 5.41 Å². The van der Waals surface area contributed by atoms with Crippen LogP contribution >= 0.6 is 0 Å². The molecule has 0 bridgehead atoms. The summed E-state index contributed by atoms with van der Waals surface area (Å²) >= 11 is 0. The first-order chi connectivity index (χ1) is 13.2. The predicted molar refractivity (Wildman–Crippen MR) is 107 cm³/mol. The molecular formula is C23H29NO3. The Labute approximate surface area is 161 Å². The molecule has 0 aliphatic heterocycles. The molecular weight excluding hydrogens is 338 g/mol. The van der Waals surface area contributed by atoms with E-state index in [0.717, 1.165) is 49.2 Å². The van der Waals surface area contributed by atoms with Gasteiger partial charge in [-0.3, -0.25) is 4.79 Å². The topological polar surface area (TPSA) is 47.6 Å². The monoisotopic (exact) mass is 367 g/mol. The van der Waals surface area contributed by atoms with Crippen LogP contribution in [0.1, 0.15) is 43.2 Å². The summed E-state index contributed by atoms with van der Waals surface area (Å²) in [7, 11) is 3.33. The van der Waals surface area contributed by atoms with E-state index in [9.17, 15) is 4.79 Å². The van der Waals surface area contributed by atoms with Crippen molar-refractivity contribution in [3.63, 3.8) is 0 Å². The van der Waals surface area contributed by atoms with Gasteiger partial charge in [-0.2, -0.15) is 0 Å². The highest BCUT2D eigenvalue weighted by molar-refractivity contribution is 5.88. The summed E-state index contributed by atoms with van der Waals surface area (Å²) in [6.07, 6.45) is 6.03. The summed E-state index contributed by atoms with van der Waals surface area (Å²) in [6, 6.07) is 16.0. The molecule has 0 saturated heterocycles. The zero-order valence-electron chi connectivity index (χ0n) is 16.3.